The molecule has 1 aromatic heterocycles. The molecule has 0 spiro atoms. The zero-order valence-electron chi connectivity index (χ0n) is 43.5. The molecule has 352 valence electrons. The second-order valence-electron chi connectivity index (χ2n) is 24.8. The zero-order chi connectivity index (χ0) is 48.9. The summed E-state index contributed by atoms with van der Waals surface area (Å²) in [6, 6.07) is 55.4. The molecule has 0 saturated heterocycles. The first-order valence-electron chi connectivity index (χ1n) is 25.9. The van der Waals surface area contributed by atoms with Gasteiger partial charge in [0, 0.05) is 45.0 Å². The zero-order valence-corrected chi connectivity index (χ0v) is 43.5. The molecule has 0 unspecified atom stereocenters. The van der Waals surface area contributed by atoms with E-state index in [0.29, 0.717) is 0 Å². The Kier molecular flexibility index (Phi) is 9.76. The van der Waals surface area contributed by atoms with Crippen LogP contribution in [0.4, 0.5) is 51.4 Å². The van der Waals surface area contributed by atoms with Crippen LogP contribution in [-0.4, -0.2) is 6.71 Å². The van der Waals surface area contributed by atoms with Crippen molar-refractivity contribution in [1.82, 2.24) is 0 Å². The predicted octanol–water partition coefficient (Wildman–Crippen LogP) is 16.3. The third kappa shape index (κ3) is 6.77. The number of hydrogen-bond acceptors (Lipinski definition) is 4. The quantitative estimate of drug-likeness (QED) is 0.160. The van der Waals surface area contributed by atoms with Crippen LogP contribution in [-0.2, 0) is 27.1 Å². The molecule has 3 heterocycles. The fourth-order valence-corrected chi connectivity index (χ4v) is 12.8. The second kappa shape index (κ2) is 15.3. The highest BCUT2D eigenvalue weighted by molar-refractivity contribution is 7.01. The summed E-state index contributed by atoms with van der Waals surface area (Å²) in [6.07, 6.45) is 4.62. The Bertz CT molecular complexity index is 3370. The van der Waals surface area contributed by atoms with Crippen molar-refractivity contribution in [2.75, 3.05) is 14.7 Å². The van der Waals surface area contributed by atoms with Gasteiger partial charge < -0.3 is 14.2 Å². The summed E-state index contributed by atoms with van der Waals surface area (Å²) in [4.78, 5) is 7.61. The largest absolute Gasteiger partial charge is 0.440 e. The van der Waals surface area contributed by atoms with Crippen LogP contribution in [0.5, 0.6) is 0 Å². The van der Waals surface area contributed by atoms with Crippen LogP contribution >= 0.6 is 0 Å². The number of rotatable bonds is 5. The predicted molar refractivity (Wildman–Crippen MR) is 299 cm³/mol. The molecule has 0 fully saturated rings. The molecule has 2 aliphatic heterocycles. The van der Waals surface area contributed by atoms with E-state index in [1.54, 1.807) is 0 Å². The van der Waals surface area contributed by atoms with Gasteiger partial charge in [-0.2, -0.15) is 0 Å². The lowest BCUT2D eigenvalue weighted by molar-refractivity contribution is 0.332. The molecule has 4 aliphatic rings. The number of furan rings is 1. The fraction of sp³-hybridized carbons (Fsp3) is 0.323. The average Bonchev–Trinajstić information content (AvgIpc) is 3.71. The Morgan fingerprint density at radius 3 is 1.63 bits per heavy atom. The highest BCUT2D eigenvalue weighted by atomic mass is 16.4. The highest BCUT2D eigenvalue weighted by Crippen LogP contribution is 2.54. The van der Waals surface area contributed by atoms with Crippen LogP contribution in [0, 0.1) is 6.92 Å². The van der Waals surface area contributed by atoms with Gasteiger partial charge >= 0.3 is 0 Å². The smallest absolute Gasteiger partial charge is 0.257 e. The molecule has 0 N–H and O–H groups in total. The van der Waals surface area contributed by atoms with Crippen LogP contribution in [0.1, 0.15) is 135 Å². The van der Waals surface area contributed by atoms with Crippen molar-refractivity contribution in [2.24, 2.45) is 0 Å². The minimum Gasteiger partial charge on any atom is -0.440 e. The van der Waals surface area contributed by atoms with Crippen molar-refractivity contribution in [1.29, 1.82) is 0 Å². The van der Waals surface area contributed by atoms with Crippen LogP contribution < -0.4 is 31.1 Å². The second-order valence-corrected chi connectivity index (χ2v) is 24.8. The monoisotopic (exact) mass is 918 g/mol. The average molecular weight is 918 g/mol. The molecule has 2 aliphatic carbocycles. The maximum atomic E-state index is 7.35. The van der Waals surface area contributed by atoms with Gasteiger partial charge in [0.25, 0.3) is 6.71 Å². The molecule has 0 bridgehead atoms. The first-order valence-corrected chi connectivity index (χ1v) is 25.9. The minimum absolute atomic E-state index is 0.00386. The Labute approximate surface area is 417 Å². The van der Waals surface area contributed by atoms with E-state index in [-0.39, 0.29) is 33.8 Å². The van der Waals surface area contributed by atoms with E-state index in [9.17, 15) is 0 Å². The number of fused-ring (bicyclic) bond motifs is 8. The Morgan fingerprint density at radius 2 is 1.03 bits per heavy atom. The van der Waals surface area contributed by atoms with Crippen LogP contribution in [0.25, 0.3) is 11.0 Å². The number of benzene rings is 7. The molecule has 70 heavy (non-hydrogen) atoms. The fourth-order valence-electron chi connectivity index (χ4n) is 12.8. The van der Waals surface area contributed by atoms with Gasteiger partial charge in [0.1, 0.15) is 5.58 Å². The molecule has 5 heteroatoms. The maximum Gasteiger partial charge on any atom is 0.257 e. The molecule has 4 nitrogen and oxygen atoms in total. The molecule has 7 aromatic carbocycles. The van der Waals surface area contributed by atoms with Crippen LogP contribution in [0.15, 0.2) is 150 Å². The third-order valence-corrected chi connectivity index (χ3v) is 17.2. The SMILES string of the molecule is Cc1cc(C(C)(C)C)ccc1N1c2cc(N(c3ccccc3)c3ccccc3)cc3c2B(c2cc4c(cc2N3c2ccc3c(c2)C(C)(C)CCC3(C)C)C(C)(C)CCC4(C)C)c2c1oc1ccccc21. The topological polar surface area (TPSA) is 22.9 Å². The van der Waals surface area contributed by atoms with Crippen LogP contribution in [0.3, 0.4) is 0 Å². The standard InChI is InChI=1S/C65H68BN3O/c1-41-35-42(61(2,3)4)27-30-53(41)69-56-38-46(67(43-21-15-13-16-22-43)44-23-17-14-18-24-44)37-55-59(56)66(58-47-25-19-20-26-57(47)70-60(58)69)52-39-50-51(65(11,12)34-33-64(50,9)10)40-54(52)68(55)45-28-29-48-49(36-45)63(7,8)32-31-62(48,5)6/h13-30,35-40H,31-34H2,1-12H3. The van der Waals surface area contributed by atoms with E-state index in [0.717, 1.165) is 59.2 Å². The van der Waals surface area contributed by atoms with Crippen molar-refractivity contribution in [3.63, 3.8) is 0 Å². The number of anilines is 9. The Morgan fingerprint density at radius 1 is 0.486 bits per heavy atom. The van der Waals surface area contributed by atoms with Crippen molar-refractivity contribution in [3.05, 3.63) is 179 Å². The Hall–Kier alpha value is -6.46. The first kappa shape index (κ1) is 44.7. The lowest BCUT2D eigenvalue weighted by Gasteiger charge is -2.47. The van der Waals surface area contributed by atoms with Crippen LogP contribution in [0.2, 0.25) is 0 Å². The number of aryl methyl sites for hydroxylation is 1. The number of nitrogens with zero attached hydrogens (tertiary/aromatic N) is 3. The minimum atomic E-state index is -0.101. The molecule has 8 aromatic rings. The van der Waals surface area contributed by atoms with E-state index in [4.69, 9.17) is 4.42 Å². The Balaban J connectivity index is 1.25. The van der Waals surface area contributed by atoms with Crippen molar-refractivity contribution < 1.29 is 4.42 Å². The molecular weight excluding hydrogens is 850 g/mol. The molecule has 12 rings (SSSR count). The lowest BCUT2D eigenvalue weighted by Crippen LogP contribution is -2.61. The molecule has 0 saturated carbocycles. The van der Waals surface area contributed by atoms with Gasteiger partial charge in [0.15, 0.2) is 0 Å². The summed E-state index contributed by atoms with van der Waals surface area (Å²) in [5.41, 5.74) is 22.6. The van der Waals surface area contributed by atoms with Crippen molar-refractivity contribution in [2.45, 2.75) is 136 Å². The maximum absolute atomic E-state index is 7.35. The van der Waals surface area contributed by atoms with E-state index in [1.165, 1.54) is 78.6 Å². The molecule has 0 amide bonds. The van der Waals surface area contributed by atoms with E-state index in [1.807, 2.05) is 0 Å². The lowest BCUT2D eigenvalue weighted by atomic mass is 9.33. The van der Waals surface area contributed by atoms with E-state index >= 15 is 0 Å². The van der Waals surface area contributed by atoms with Gasteiger partial charge in [0.05, 0.1) is 11.4 Å². The highest BCUT2D eigenvalue weighted by Gasteiger charge is 2.49. The van der Waals surface area contributed by atoms with Gasteiger partial charge in [-0.1, -0.05) is 155 Å². The van der Waals surface area contributed by atoms with E-state index < -0.39 is 0 Å². The summed E-state index contributed by atoms with van der Waals surface area (Å²) in [6.45, 7) is 28.8. The summed E-state index contributed by atoms with van der Waals surface area (Å²) < 4.78 is 7.35. The number of hydrogen-bond donors (Lipinski definition) is 0. The summed E-state index contributed by atoms with van der Waals surface area (Å²) in [5.74, 6) is 0.897. The van der Waals surface area contributed by atoms with E-state index in [2.05, 4.69) is 243 Å². The summed E-state index contributed by atoms with van der Waals surface area (Å²) in [7, 11) is 0. The van der Waals surface area contributed by atoms with Crippen molar-refractivity contribution >= 4 is 85.5 Å². The third-order valence-electron chi connectivity index (χ3n) is 17.2. The number of para-hydroxylation sites is 3. The molecular formula is C65H68BN3O. The van der Waals surface area contributed by atoms with Gasteiger partial charge in [-0.25, -0.2) is 0 Å². The van der Waals surface area contributed by atoms with Gasteiger partial charge in [-0.05, 0) is 171 Å². The summed E-state index contributed by atoms with van der Waals surface area (Å²) in [5, 5.41) is 1.17. The van der Waals surface area contributed by atoms with Gasteiger partial charge in [-0.3, -0.25) is 4.90 Å². The normalized spacial score (nSPS) is 17.9. The van der Waals surface area contributed by atoms with Crippen molar-refractivity contribution in [3.8, 4) is 0 Å². The van der Waals surface area contributed by atoms with Gasteiger partial charge in [0.2, 0.25) is 5.88 Å². The first-order chi connectivity index (χ1) is 33.2. The van der Waals surface area contributed by atoms with Gasteiger partial charge in [-0.15, -0.1) is 0 Å². The summed E-state index contributed by atoms with van der Waals surface area (Å²) >= 11 is 0. The molecule has 0 radical (unpaired) electrons. The molecule has 0 atom stereocenters.